The topological polar surface area (TPSA) is 52.6 Å². The molecule has 1 amide bonds. The number of benzene rings is 1. The smallest absolute Gasteiger partial charge is 0.224 e. The van der Waals surface area contributed by atoms with E-state index < -0.39 is 0 Å². The predicted molar refractivity (Wildman–Crippen MR) is 77.2 cm³/mol. The Morgan fingerprint density at radius 1 is 1.26 bits per heavy atom. The molecule has 0 aromatic heterocycles. The van der Waals surface area contributed by atoms with Gasteiger partial charge in [-0.15, -0.1) is 0 Å². The van der Waals surface area contributed by atoms with E-state index in [0.29, 0.717) is 12.1 Å². The molecule has 19 heavy (non-hydrogen) atoms. The third kappa shape index (κ3) is 5.75. The van der Waals surface area contributed by atoms with Gasteiger partial charge < -0.3 is 15.3 Å². The molecule has 0 aliphatic carbocycles. The first-order valence-electron chi connectivity index (χ1n) is 6.93. The van der Waals surface area contributed by atoms with Gasteiger partial charge in [0.15, 0.2) is 0 Å². The monoisotopic (exact) mass is 264 g/mol. The first-order chi connectivity index (χ1) is 9.17. The zero-order valence-electron chi connectivity index (χ0n) is 11.9. The highest BCUT2D eigenvalue weighted by Gasteiger charge is 2.07. The Labute approximate surface area is 115 Å². The molecule has 0 bridgehead atoms. The second-order valence-electron chi connectivity index (χ2n) is 4.59. The summed E-state index contributed by atoms with van der Waals surface area (Å²) in [6.07, 6.45) is 1.35. The average molecular weight is 264 g/mol. The van der Waals surface area contributed by atoms with E-state index >= 15 is 0 Å². The summed E-state index contributed by atoms with van der Waals surface area (Å²) < 4.78 is 0. The first kappa shape index (κ1) is 15.5. The van der Waals surface area contributed by atoms with Crippen molar-refractivity contribution in [2.45, 2.75) is 26.7 Å². The molecule has 4 heteroatoms. The zero-order valence-corrected chi connectivity index (χ0v) is 11.9. The molecular formula is C15H24N2O2. The van der Waals surface area contributed by atoms with Gasteiger partial charge in [-0.1, -0.05) is 32.0 Å². The van der Waals surface area contributed by atoms with Crippen molar-refractivity contribution in [2.75, 3.05) is 26.2 Å². The summed E-state index contributed by atoms with van der Waals surface area (Å²) in [5, 5.41) is 12.5. The van der Waals surface area contributed by atoms with Gasteiger partial charge in [0.2, 0.25) is 5.91 Å². The van der Waals surface area contributed by atoms with Crippen molar-refractivity contribution in [3.05, 3.63) is 29.8 Å². The van der Waals surface area contributed by atoms with Crippen molar-refractivity contribution in [3.63, 3.8) is 0 Å². The van der Waals surface area contributed by atoms with Gasteiger partial charge in [-0.3, -0.25) is 4.79 Å². The van der Waals surface area contributed by atoms with Gasteiger partial charge in [-0.2, -0.15) is 0 Å². The molecule has 0 spiro atoms. The molecule has 1 aromatic carbocycles. The van der Waals surface area contributed by atoms with Crippen LogP contribution < -0.4 is 5.32 Å². The number of amides is 1. The second-order valence-corrected chi connectivity index (χ2v) is 4.59. The maximum atomic E-state index is 11.8. The highest BCUT2D eigenvalue weighted by Crippen LogP contribution is 2.15. The second kappa shape index (κ2) is 8.53. The fraction of sp³-hybridized carbons (Fsp3) is 0.533. The average Bonchev–Trinajstić information content (AvgIpc) is 2.40. The number of phenolic OH excluding ortho intramolecular Hbond substituents is 1. The van der Waals surface area contributed by atoms with Gasteiger partial charge in [0.05, 0.1) is 6.42 Å². The summed E-state index contributed by atoms with van der Waals surface area (Å²) in [5.41, 5.74) is 0.668. The van der Waals surface area contributed by atoms with Gasteiger partial charge in [0.1, 0.15) is 5.75 Å². The van der Waals surface area contributed by atoms with E-state index in [1.807, 2.05) is 6.07 Å². The van der Waals surface area contributed by atoms with E-state index in [-0.39, 0.29) is 18.1 Å². The Morgan fingerprint density at radius 3 is 2.63 bits per heavy atom. The highest BCUT2D eigenvalue weighted by atomic mass is 16.3. The van der Waals surface area contributed by atoms with Crippen LogP contribution in [-0.2, 0) is 11.2 Å². The summed E-state index contributed by atoms with van der Waals surface area (Å²) >= 11 is 0. The zero-order chi connectivity index (χ0) is 14.1. The number of hydrogen-bond acceptors (Lipinski definition) is 3. The number of nitrogens with one attached hydrogen (secondary N) is 1. The molecule has 0 saturated heterocycles. The van der Waals surface area contributed by atoms with Gasteiger partial charge >= 0.3 is 0 Å². The number of para-hydroxylation sites is 1. The number of rotatable bonds is 8. The summed E-state index contributed by atoms with van der Waals surface area (Å²) in [7, 11) is 0. The number of nitrogens with zero attached hydrogens (tertiary/aromatic N) is 1. The van der Waals surface area contributed by atoms with Crippen LogP contribution in [0.1, 0.15) is 25.8 Å². The summed E-state index contributed by atoms with van der Waals surface area (Å²) in [4.78, 5) is 14.1. The Morgan fingerprint density at radius 2 is 2.00 bits per heavy atom. The Balaban J connectivity index is 2.30. The van der Waals surface area contributed by atoms with E-state index in [1.54, 1.807) is 18.2 Å². The van der Waals surface area contributed by atoms with Crippen molar-refractivity contribution in [3.8, 4) is 5.75 Å². The molecule has 0 fully saturated rings. The van der Waals surface area contributed by atoms with Crippen molar-refractivity contribution in [2.24, 2.45) is 0 Å². The van der Waals surface area contributed by atoms with Crippen LogP contribution in [0.4, 0.5) is 0 Å². The van der Waals surface area contributed by atoms with Crippen LogP contribution >= 0.6 is 0 Å². The lowest BCUT2D eigenvalue weighted by Gasteiger charge is -2.19. The van der Waals surface area contributed by atoms with Crippen LogP contribution in [0.15, 0.2) is 24.3 Å². The van der Waals surface area contributed by atoms with Crippen LogP contribution in [-0.4, -0.2) is 42.1 Å². The van der Waals surface area contributed by atoms with Crippen LogP contribution in [0.5, 0.6) is 5.75 Å². The minimum Gasteiger partial charge on any atom is -0.508 e. The minimum absolute atomic E-state index is 0.0472. The molecule has 1 aromatic rings. The SMILES string of the molecule is CCCN(CC)CCNC(=O)Cc1ccccc1O. The molecular weight excluding hydrogens is 240 g/mol. The molecule has 4 nitrogen and oxygen atoms in total. The lowest BCUT2D eigenvalue weighted by molar-refractivity contribution is -0.120. The van der Waals surface area contributed by atoms with Crippen molar-refractivity contribution < 1.29 is 9.90 Å². The lowest BCUT2D eigenvalue weighted by atomic mass is 10.1. The Hall–Kier alpha value is -1.55. The molecule has 0 aliphatic rings. The number of likely N-dealkylation sites (N-methyl/N-ethyl adjacent to an activating group) is 1. The van der Waals surface area contributed by atoms with Crippen LogP contribution in [0.25, 0.3) is 0 Å². The molecule has 0 radical (unpaired) electrons. The van der Waals surface area contributed by atoms with Crippen molar-refractivity contribution in [1.29, 1.82) is 0 Å². The van der Waals surface area contributed by atoms with E-state index in [4.69, 9.17) is 0 Å². The van der Waals surface area contributed by atoms with Crippen LogP contribution in [0.2, 0.25) is 0 Å². The van der Waals surface area contributed by atoms with E-state index in [0.717, 1.165) is 26.1 Å². The molecule has 106 valence electrons. The first-order valence-corrected chi connectivity index (χ1v) is 6.93. The Bertz CT molecular complexity index is 393. The number of carbonyl (C=O) groups excluding carboxylic acids is 1. The molecule has 0 aliphatic heterocycles. The highest BCUT2D eigenvalue weighted by molar-refractivity contribution is 5.79. The van der Waals surface area contributed by atoms with Crippen molar-refractivity contribution >= 4 is 5.91 Å². The van der Waals surface area contributed by atoms with Gasteiger partial charge in [0, 0.05) is 18.7 Å². The third-order valence-corrected chi connectivity index (χ3v) is 3.08. The standard InChI is InChI=1S/C15H24N2O2/c1-3-10-17(4-2)11-9-16-15(19)12-13-7-5-6-8-14(13)18/h5-8,18H,3-4,9-12H2,1-2H3,(H,16,19). The quantitative estimate of drug-likeness (QED) is 0.752. The van der Waals surface area contributed by atoms with Gasteiger partial charge in [-0.25, -0.2) is 0 Å². The number of phenols is 1. The number of hydrogen-bond donors (Lipinski definition) is 2. The maximum absolute atomic E-state index is 11.8. The predicted octanol–water partition coefficient (Wildman–Crippen LogP) is 1.78. The van der Waals surface area contributed by atoms with E-state index in [2.05, 4.69) is 24.1 Å². The van der Waals surface area contributed by atoms with Crippen molar-refractivity contribution in [1.82, 2.24) is 10.2 Å². The van der Waals surface area contributed by atoms with Crippen LogP contribution in [0.3, 0.4) is 0 Å². The largest absolute Gasteiger partial charge is 0.508 e. The van der Waals surface area contributed by atoms with Gasteiger partial charge in [0.25, 0.3) is 0 Å². The maximum Gasteiger partial charge on any atom is 0.224 e. The molecule has 2 N–H and O–H groups in total. The van der Waals surface area contributed by atoms with Crippen LogP contribution in [0, 0.1) is 0 Å². The van der Waals surface area contributed by atoms with E-state index in [9.17, 15) is 9.90 Å². The summed E-state index contributed by atoms with van der Waals surface area (Å²) in [5.74, 6) is 0.132. The lowest BCUT2D eigenvalue weighted by Crippen LogP contribution is -2.35. The number of carbonyl (C=O) groups is 1. The molecule has 0 unspecified atom stereocenters. The molecule has 1 rings (SSSR count). The van der Waals surface area contributed by atoms with E-state index in [1.165, 1.54) is 0 Å². The Kier molecular flexibility index (Phi) is 6.97. The molecule has 0 atom stereocenters. The molecule has 0 heterocycles. The normalized spacial score (nSPS) is 10.7. The summed E-state index contributed by atoms with van der Waals surface area (Å²) in [6, 6.07) is 6.94. The fourth-order valence-corrected chi connectivity index (χ4v) is 1.99. The fourth-order valence-electron chi connectivity index (χ4n) is 1.99. The van der Waals surface area contributed by atoms with Gasteiger partial charge in [-0.05, 0) is 25.6 Å². The number of aromatic hydroxyl groups is 1. The molecule has 0 saturated carbocycles. The summed E-state index contributed by atoms with van der Waals surface area (Å²) in [6.45, 7) is 7.87. The third-order valence-electron chi connectivity index (χ3n) is 3.08. The minimum atomic E-state index is -0.0472.